The van der Waals surface area contributed by atoms with Crippen molar-refractivity contribution in [3.05, 3.63) is 96.2 Å². The molecule has 4 aromatic rings. The molecule has 0 N–H and O–H groups in total. The highest BCUT2D eigenvalue weighted by atomic mass is 32.2. The molecule has 1 heterocycles. The molecule has 31 heavy (non-hydrogen) atoms. The van der Waals surface area contributed by atoms with E-state index < -0.39 is 9.84 Å². The average Bonchev–Trinajstić information content (AvgIpc) is 3.13. The molecule has 4 rings (SSSR count). The van der Waals surface area contributed by atoms with Gasteiger partial charge in [0, 0.05) is 29.8 Å². The molecule has 3 aromatic carbocycles. The molecule has 0 aliphatic rings. The zero-order chi connectivity index (χ0) is 22.0. The molecule has 0 radical (unpaired) electrons. The van der Waals surface area contributed by atoms with E-state index in [4.69, 9.17) is 0 Å². The first-order chi connectivity index (χ1) is 14.8. The van der Waals surface area contributed by atoms with Crippen LogP contribution in [-0.2, 0) is 26.9 Å². The van der Waals surface area contributed by atoms with Gasteiger partial charge in [-0.15, -0.1) is 0 Å². The van der Waals surface area contributed by atoms with E-state index in [1.54, 1.807) is 40.9 Å². The van der Waals surface area contributed by atoms with Crippen LogP contribution in [-0.4, -0.2) is 25.9 Å². The SMILES string of the molecule is Cc1cccc(N(C)C(=O)Cn2cc(S(=O)(=O)Cc3ccccc3)c3ccccc32)c1. The molecule has 158 valence electrons. The van der Waals surface area contributed by atoms with Gasteiger partial charge in [0.15, 0.2) is 9.84 Å². The Morgan fingerprint density at radius 2 is 1.65 bits per heavy atom. The number of anilines is 1. The van der Waals surface area contributed by atoms with Crippen molar-refractivity contribution in [1.82, 2.24) is 4.57 Å². The molecule has 0 aliphatic heterocycles. The highest BCUT2D eigenvalue weighted by molar-refractivity contribution is 7.90. The van der Waals surface area contributed by atoms with Gasteiger partial charge in [0.1, 0.15) is 6.54 Å². The molecular weight excluding hydrogens is 408 g/mol. The fraction of sp³-hybridized carbons (Fsp3) is 0.160. The van der Waals surface area contributed by atoms with Crippen LogP contribution in [0, 0.1) is 6.92 Å². The van der Waals surface area contributed by atoms with Crippen LogP contribution in [0.3, 0.4) is 0 Å². The summed E-state index contributed by atoms with van der Waals surface area (Å²) < 4.78 is 28.1. The Morgan fingerprint density at radius 3 is 2.39 bits per heavy atom. The summed E-state index contributed by atoms with van der Waals surface area (Å²) in [5, 5.41) is 0.629. The summed E-state index contributed by atoms with van der Waals surface area (Å²) in [4.78, 5) is 14.8. The van der Waals surface area contributed by atoms with E-state index in [0.29, 0.717) is 5.39 Å². The van der Waals surface area contributed by atoms with Gasteiger partial charge in [-0.05, 0) is 36.2 Å². The predicted octanol–water partition coefficient (Wildman–Crippen LogP) is 4.59. The van der Waals surface area contributed by atoms with Crippen LogP contribution in [0.5, 0.6) is 0 Å². The Hall–Kier alpha value is -3.38. The van der Waals surface area contributed by atoms with Crippen molar-refractivity contribution >= 4 is 32.3 Å². The van der Waals surface area contributed by atoms with Crippen LogP contribution >= 0.6 is 0 Å². The maximum atomic E-state index is 13.2. The zero-order valence-corrected chi connectivity index (χ0v) is 18.3. The predicted molar refractivity (Wildman–Crippen MR) is 124 cm³/mol. The van der Waals surface area contributed by atoms with Gasteiger partial charge in [-0.3, -0.25) is 4.79 Å². The van der Waals surface area contributed by atoms with Crippen molar-refractivity contribution in [1.29, 1.82) is 0 Å². The lowest BCUT2D eigenvalue weighted by Gasteiger charge is -2.18. The number of aromatic nitrogens is 1. The third-order valence-electron chi connectivity index (χ3n) is 5.36. The van der Waals surface area contributed by atoms with Crippen molar-refractivity contribution in [2.45, 2.75) is 24.1 Å². The Labute approximate surface area is 182 Å². The summed E-state index contributed by atoms with van der Waals surface area (Å²) in [6.45, 7) is 2.02. The quantitative estimate of drug-likeness (QED) is 0.448. The third-order valence-corrected chi connectivity index (χ3v) is 7.06. The number of hydrogen-bond acceptors (Lipinski definition) is 3. The van der Waals surface area contributed by atoms with Crippen LogP contribution in [0.25, 0.3) is 10.9 Å². The lowest BCUT2D eigenvalue weighted by Crippen LogP contribution is -2.29. The average molecular weight is 433 g/mol. The van der Waals surface area contributed by atoms with Gasteiger partial charge in [0.05, 0.1) is 10.6 Å². The number of aryl methyl sites for hydroxylation is 1. The van der Waals surface area contributed by atoms with E-state index in [1.165, 1.54) is 0 Å². The van der Waals surface area contributed by atoms with Crippen molar-refractivity contribution in [3.63, 3.8) is 0 Å². The first kappa shape index (κ1) is 20.9. The third kappa shape index (κ3) is 4.39. The fourth-order valence-electron chi connectivity index (χ4n) is 3.70. The number of rotatable bonds is 6. The molecule has 0 saturated heterocycles. The topological polar surface area (TPSA) is 59.4 Å². The number of amides is 1. The van der Waals surface area contributed by atoms with Gasteiger partial charge < -0.3 is 9.47 Å². The Balaban J connectivity index is 1.67. The standard InChI is InChI=1S/C25H24N2O3S/c1-19-9-8-12-21(15-19)26(2)25(28)17-27-16-24(22-13-6-7-14-23(22)27)31(29,30)18-20-10-4-3-5-11-20/h3-16H,17-18H2,1-2H3. The minimum Gasteiger partial charge on any atom is -0.337 e. The number of fused-ring (bicyclic) bond motifs is 1. The Bertz CT molecular complexity index is 1340. The monoisotopic (exact) mass is 432 g/mol. The smallest absolute Gasteiger partial charge is 0.246 e. The van der Waals surface area contributed by atoms with Gasteiger partial charge in [0.2, 0.25) is 5.91 Å². The lowest BCUT2D eigenvalue weighted by molar-refractivity contribution is -0.118. The maximum absolute atomic E-state index is 13.2. The van der Waals surface area contributed by atoms with Crippen LogP contribution < -0.4 is 4.90 Å². The summed E-state index contributed by atoms with van der Waals surface area (Å²) in [6.07, 6.45) is 1.59. The Morgan fingerprint density at radius 1 is 0.935 bits per heavy atom. The van der Waals surface area contributed by atoms with Crippen molar-refractivity contribution < 1.29 is 13.2 Å². The molecule has 5 nitrogen and oxygen atoms in total. The summed E-state index contributed by atoms with van der Waals surface area (Å²) in [6, 6.07) is 24.1. The maximum Gasteiger partial charge on any atom is 0.246 e. The van der Waals surface area contributed by atoms with Crippen LogP contribution in [0.2, 0.25) is 0 Å². The number of carbonyl (C=O) groups is 1. The molecule has 1 aromatic heterocycles. The fourth-order valence-corrected chi connectivity index (χ4v) is 5.28. The molecule has 0 bridgehead atoms. The lowest BCUT2D eigenvalue weighted by atomic mass is 10.2. The molecule has 0 spiro atoms. The molecule has 0 saturated carbocycles. The van der Waals surface area contributed by atoms with Crippen molar-refractivity contribution in [3.8, 4) is 0 Å². The first-order valence-corrected chi connectivity index (χ1v) is 11.7. The zero-order valence-electron chi connectivity index (χ0n) is 17.5. The molecule has 6 heteroatoms. The van der Waals surface area contributed by atoms with E-state index in [2.05, 4.69) is 0 Å². The van der Waals surface area contributed by atoms with Gasteiger partial charge in [0.25, 0.3) is 0 Å². The highest BCUT2D eigenvalue weighted by Crippen LogP contribution is 2.28. The number of para-hydroxylation sites is 1. The van der Waals surface area contributed by atoms with Gasteiger partial charge in [-0.1, -0.05) is 60.7 Å². The molecule has 0 atom stereocenters. The number of benzene rings is 3. The van der Waals surface area contributed by atoms with E-state index in [0.717, 1.165) is 22.3 Å². The number of carbonyl (C=O) groups excluding carboxylic acids is 1. The van der Waals surface area contributed by atoms with E-state index >= 15 is 0 Å². The number of nitrogens with zero attached hydrogens (tertiary/aromatic N) is 2. The second-order valence-electron chi connectivity index (χ2n) is 7.67. The van der Waals surface area contributed by atoms with Gasteiger partial charge in [-0.2, -0.15) is 0 Å². The summed E-state index contributed by atoms with van der Waals surface area (Å²) in [5.41, 5.74) is 3.32. The van der Waals surface area contributed by atoms with E-state index in [9.17, 15) is 13.2 Å². The second-order valence-corrected chi connectivity index (χ2v) is 9.63. The highest BCUT2D eigenvalue weighted by Gasteiger charge is 2.23. The van der Waals surface area contributed by atoms with E-state index in [-0.39, 0.29) is 23.1 Å². The number of sulfone groups is 1. The first-order valence-electron chi connectivity index (χ1n) is 10.0. The second kappa shape index (κ2) is 8.40. The van der Waals surface area contributed by atoms with E-state index in [1.807, 2.05) is 67.6 Å². The van der Waals surface area contributed by atoms with Gasteiger partial charge >= 0.3 is 0 Å². The number of likely N-dealkylation sites (N-methyl/N-ethyl adjacent to an activating group) is 1. The number of hydrogen-bond donors (Lipinski definition) is 0. The summed E-state index contributed by atoms with van der Waals surface area (Å²) in [7, 11) is -1.85. The van der Waals surface area contributed by atoms with Gasteiger partial charge in [-0.25, -0.2) is 8.42 Å². The summed E-state index contributed by atoms with van der Waals surface area (Å²) >= 11 is 0. The van der Waals surface area contributed by atoms with Crippen LogP contribution in [0.1, 0.15) is 11.1 Å². The minimum absolute atomic E-state index is 0.0474. The molecule has 1 amide bonds. The molecular formula is C25H24N2O3S. The van der Waals surface area contributed by atoms with Crippen LogP contribution in [0.15, 0.2) is 90.0 Å². The molecule has 0 fully saturated rings. The Kier molecular flexibility index (Phi) is 5.65. The summed E-state index contributed by atoms with van der Waals surface area (Å²) in [5.74, 6) is -0.211. The van der Waals surface area contributed by atoms with Crippen LogP contribution in [0.4, 0.5) is 5.69 Å². The van der Waals surface area contributed by atoms with Crippen molar-refractivity contribution in [2.24, 2.45) is 0 Å². The largest absolute Gasteiger partial charge is 0.337 e. The van der Waals surface area contributed by atoms with Crippen molar-refractivity contribution in [2.75, 3.05) is 11.9 Å². The normalized spacial score (nSPS) is 11.5. The molecule has 0 aliphatic carbocycles. The molecule has 0 unspecified atom stereocenters. The minimum atomic E-state index is -3.58.